The van der Waals surface area contributed by atoms with E-state index in [-0.39, 0.29) is 11.6 Å². The maximum Gasteiger partial charge on any atom is 0.276 e. The molecule has 2 aromatic heterocycles. The van der Waals surface area contributed by atoms with Gasteiger partial charge < -0.3 is 9.47 Å². The third-order valence-electron chi connectivity index (χ3n) is 4.09. The monoisotopic (exact) mass is 440 g/mol. The molecule has 0 saturated carbocycles. The number of rotatable bonds is 6. The molecule has 2 aromatic carbocycles. The van der Waals surface area contributed by atoms with Crippen LogP contribution in [0.2, 0.25) is 0 Å². The Morgan fingerprint density at radius 3 is 2.30 bits per heavy atom. The van der Waals surface area contributed by atoms with Gasteiger partial charge in [0.15, 0.2) is 10.3 Å². The van der Waals surface area contributed by atoms with Crippen LogP contribution in [0.15, 0.2) is 47.8 Å². The molecule has 0 spiro atoms. The van der Waals surface area contributed by atoms with E-state index in [4.69, 9.17) is 9.47 Å². The number of anilines is 2. The molecule has 2 N–H and O–H groups in total. The van der Waals surface area contributed by atoms with E-state index in [1.807, 2.05) is 24.3 Å². The van der Waals surface area contributed by atoms with E-state index in [9.17, 15) is 9.59 Å². The Hall–Kier alpha value is -3.50. The molecule has 0 saturated heterocycles. The van der Waals surface area contributed by atoms with Gasteiger partial charge >= 0.3 is 0 Å². The van der Waals surface area contributed by atoms with Crippen LogP contribution < -0.4 is 20.1 Å². The highest BCUT2D eigenvalue weighted by molar-refractivity contribution is 7.22. The van der Waals surface area contributed by atoms with Crippen LogP contribution >= 0.6 is 22.7 Å². The molecule has 2 amide bonds. The fourth-order valence-electron chi connectivity index (χ4n) is 2.63. The van der Waals surface area contributed by atoms with Crippen molar-refractivity contribution in [1.82, 2.24) is 9.97 Å². The summed E-state index contributed by atoms with van der Waals surface area (Å²) < 4.78 is 11.3. The molecule has 2 heterocycles. The van der Waals surface area contributed by atoms with Crippen molar-refractivity contribution in [3.05, 3.63) is 59.1 Å². The zero-order valence-electron chi connectivity index (χ0n) is 16.0. The smallest absolute Gasteiger partial charge is 0.276 e. The van der Waals surface area contributed by atoms with Crippen molar-refractivity contribution in [2.75, 3.05) is 24.9 Å². The molecule has 30 heavy (non-hydrogen) atoms. The molecule has 0 aliphatic rings. The van der Waals surface area contributed by atoms with Crippen LogP contribution in [0.25, 0.3) is 10.2 Å². The number of carbonyl (C=O) groups is 2. The van der Waals surface area contributed by atoms with Crippen LogP contribution in [0.1, 0.15) is 20.8 Å². The van der Waals surface area contributed by atoms with Crippen LogP contribution in [-0.2, 0) is 0 Å². The second-order valence-electron chi connectivity index (χ2n) is 6.03. The molecule has 0 bridgehead atoms. The highest BCUT2D eigenvalue weighted by atomic mass is 32.1. The van der Waals surface area contributed by atoms with E-state index in [2.05, 4.69) is 20.6 Å². The van der Waals surface area contributed by atoms with E-state index in [0.717, 1.165) is 21.6 Å². The quantitative estimate of drug-likeness (QED) is 0.464. The SMILES string of the molecule is COc1cc(OC)cc(C(=O)Nc2nc(C(=O)Nc3nc4ccccc4s3)cs2)c1. The number of fused-ring (bicyclic) bond motifs is 1. The van der Waals surface area contributed by atoms with Crippen molar-refractivity contribution in [2.45, 2.75) is 0 Å². The van der Waals surface area contributed by atoms with Crippen LogP contribution in [0.3, 0.4) is 0 Å². The molecule has 0 radical (unpaired) electrons. The van der Waals surface area contributed by atoms with Gasteiger partial charge in [-0.25, -0.2) is 9.97 Å². The van der Waals surface area contributed by atoms with Crippen LogP contribution in [0.5, 0.6) is 11.5 Å². The Bertz CT molecular complexity index is 1180. The minimum absolute atomic E-state index is 0.192. The van der Waals surface area contributed by atoms with Gasteiger partial charge in [-0.15, -0.1) is 11.3 Å². The maximum absolute atomic E-state index is 12.6. The number of ether oxygens (including phenoxy) is 2. The van der Waals surface area contributed by atoms with Crippen molar-refractivity contribution >= 4 is 55.0 Å². The molecule has 0 aliphatic carbocycles. The van der Waals surface area contributed by atoms with E-state index in [0.29, 0.717) is 27.3 Å². The number of para-hydroxylation sites is 1. The Morgan fingerprint density at radius 1 is 0.900 bits per heavy atom. The molecular formula is C20H16N4O4S2. The lowest BCUT2D eigenvalue weighted by molar-refractivity contribution is 0.101. The van der Waals surface area contributed by atoms with Gasteiger partial charge in [-0.3, -0.25) is 20.2 Å². The van der Waals surface area contributed by atoms with E-state index in [1.165, 1.54) is 25.6 Å². The Kier molecular flexibility index (Phi) is 5.59. The van der Waals surface area contributed by atoms with Crippen molar-refractivity contribution in [3.63, 3.8) is 0 Å². The largest absolute Gasteiger partial charge is 0.497 e. The molecule has 8 nitrogen and oxygen atoms in total. The topological polar surface area (TPSA) is 102 Å². The lowest BCUT2D eigenvalue weighted by Gasteiger charge is -2.08. The first-order valence-electron chi connectivity index (χ1n) is 8.72. The predicted octanol–water partition coefficient (Wildman–Crippen LogP) is 4.27. The number of hydrogen-bond acceptors (Lipinski definition) is 8. The van der Waals surface area contributed by atoms with Crippen molar-refractivity contribution in [2.24, 2.45) is 0 Å². The van der Waals surface area contributed by atoms with Crippen molar-refractivity contribution in [3.8, 4) is 11.5 Å². The summed E-state index contributed by atoms with van der Waals surface area (Å²) in [4.78, 5) is 33.6. The van der Waals surface area contributed by atoms with E-state index >= 15 is 0 Å². The zero-order chi connectivity index (χ0) is 21.1. The summed E-state index contributed by atoms with van der Waals surface area (Å²) >= 11 is 2.53. The summed E-state index contributed by atoms with van der Waals surface area (Å²) in [6.45, 7) is 0. The lowest BCUT2D eigenvalue weighted by atomic mass is 10.2. The van der Waals surface area contributed by atoms with Crippen molar-refractivity contribution < 1.29 is 19.1 Å². The predicted molar refractivity (Wildman–Crippen MR) is 117 cm³/mol. The third-order valence-corrected chi connectivity index (χ3v) is 5.79. The van der Waals surface area contributed by atoms with Crippen LogP contribution in [0, 0.1) is 0 Å². The number of nitrogens with zero attached hydrogens (tertiary/aromatic N) is 2. The number of methoxy groups -OCH3 is 2. The number of carbonyl (C=O) groups excluding carboxylic acids is 2. The van der Waals surface area contributed by atoms with Gasteiger partial charge in [0.05, 0.1) is 24.4 Å². The highest BCUT2D eigenvalue weighted by Gasteiger charge is 2.16. The lowest BCUT2D eigenvalue weighted by Crippen LogP contribution is -2.14. The van der Waals surface area contributed by atoms with Gasteiger partial charge in [0.25, 0.3) is 11.8 Å². The number of aromatic nitrogens is 2. The molecular weight excluding hydrogens is 424 g/mol. The average Bonchev–Trinajstić information content (AvgIpc) is 3.39. The van der Waals surface area contributed by atoms with E-state index < -0.39 is 5.91 Å². The minimum atomic E-state index is -0.395. The zero-order valence-corrected chi connectivity index (χ0v) is 17.6. The number of benzene rings is 2. The van der Waals surface area contributed by atoms with Gasteiger partial charge in [0.1, 0.15) is 17.2 Å². The summed E-state index contributed by atoms with van der Waals surface area (Å²) in [5.41, 5.74) is 1.36. The molecule has 10 heteroatoms. The molecule has 0 fully saturated rings. The normalized spacial score (nSPS) is 10.6. The van der Waals surface area contributed by atoms with Gasteiger partial charge in [0, 0.05) is 17.0 Å². The Balaban J connectivity index is 1.45. The van der Waals surface area contributed by atoms with Gasteiger partial charge in [-0.2, -0.15) is 0 Å². The molecule has 0 unspecified atom stereocenters. The van der Waals surface area contributed by atoms with E-state index in [1.54, 1.807) is 23.6 Å². The second-order valence-corrected chi connectivity index (χ2v) is 7.92. The maximum atomic E-state index is 12.6. The standard InChI is InChI=1S/C20H16N4O4S2/c1-27-12-7-11(8-13(9-12)28-2)17(25)23-19-22-15(10-29-19)18(26)24-20-21-14-5-3-4-6-16(14)30-20/h3-10H,1-2H3,(H,21,24,26)(H,22,23,25). The van der Waals surface area contributed by atoms with Gasteiger partial charge in [-0.05, 0) is 24.3 Å². The van der Waals surface area contributed by atoms with Crippen LogP contribution in [-0.4, -0.2) is 36.0 Å². The summed E-state index contributed by atoms with van der Waals surface area (Å²) in [6.07, 6.45) is 0. The number of nitrogens with one attached hydrogen (secondary N) is 2. The Morgan fingerprint density at radius 2 is 1.60 bits per heavy atom. The average molecular weight is 441 g/mol. The van der Waals surface area contributed by atoms with Gasteiger partial charge in [-0.1, -0.05) is 23.5 Å². The molecule has 4 rings (SSSR count). The summed E-state index contributed by atoms with van der Waals surface area (Å²) in [5, 5.41) is 7.79. The number of hydrogen-bond donors (Lipinski definition) is 2. The first-order valence-corrected chi connectivity index (χ1v) is 10.4. The second kappa shape index (κ2) is 8.47. The Labute approximate surface area is 179 Å². The fraction of sp³-hybridized carbons (Fsp3) is 0.100. The molecule has 0 aliphatic heterocycles. The summed E-state index contributed by atoms with van der Waals surface area (Å²) in [6, 6.07) is 12.5. The highest BCUT2D eigenvalue weighted by Crippen LogP contribution is 2.27. The minimum Gasteiger partial charge on any atom is -0.497 e. The fourth-order valence-corrected chi connectivity index (χ4v) is 4.18. The van der Waals surface area contributed by atoms with Gasteiger partial charge in [0.2, 0.25) is 0 Å². The third kappa shape index (κ3) is 4.24. The molecule has 0 atom stereocenters. The number of thiazole rings is 2. The molecule has 4 aromatic rings. The summed E-state index contributed by atoms with van der Waals surface area (Å²) in [5.74, 6) is 0.206. The first-order chi connectivity index (χ1) is 14.6. The summed E-state index contributed by atoms with van der Waals surface area (Å²) in [7, 11) is 3.02. The first kappa shape index (κ1) is 19.8. The number of amides is 2. The van der Waals surface area contributed by atoms with Crippen molar-refractivity contribution in [1.29, 1.82) is 0 Å². The molecule has 152 valence electrons. The van der Waals surface area contributed by atoms with Crippen LogP contribution in [0.4, 0.5) is 10.3 Å².